The smallest absolute Gasteiger partial charge is 0.161 e. The van der Waals surface area contributed by atoms with E-state index in [-0.39, 0.29) is 0 Å². The SMILES string of the molecule is c1ccc(-c2cc(-c3ccccc3)nc(-c3c(-c4ccc5c(c4)Sc4ccccc4C54c5ccccc5-c5ccccc54)ccc4ccccc34)n2)cc1. The minimum absolute atomic E-state index is 0.410. The van der Waals surface area contributed by atoms with Crippen LogP contribution in [0.5, 0.6) is 0 Å². The van der Waals surface area contributed by atoms with Gasteiger partial charge in [-0.2, -0.15) is 0 Å². The van der Waals surface area contributed by atoms with Crippen LogP contribution in [0.2, 0.25) is 0 Å². The number of rotatable bonds is 4. The van der Waals surface area contributed by atoms with E-state index in [1.165, 1.54) is 43.2 Å². The van der Waals surface area contributed by atoms with E-state index in [2.05, 4.69) is 182 Å². The van der Waals surface area contributed by atoms with Crippen LogP contribution in [0.1, 0.15) is 22.3 Å². The lowest BCUT2D eigenvalue weighted by Crippen LogP contribution is -2.31. The highest BCUT2D eigenvalue weighted by Crippen LogP contribution is 2.62. The normalized spacial score (nSPS) is 13.3. The fourth-order valence-corrected chi connectivity index (χ4v) is 10.1. The molecule has 0 fully saturated rings. The van der Waals surface area contributed by atoms with E-state index in [0.717, 1.165) is 50.0 Å². The van der Waals surface area contributed by atoms with Gasteiger partial charge in [-0.1, -0.05) is 188 Å². The third kappa shape index (κ3) is 4.62. The van der Waals surface area contributed by atoms with Gasteiger partial charge in [0.2, 0.25) is 0 Å². The van der Waals surface area contributed by atoms with Crippen LogP contribution < -0.4 is 0 Å². The lowest BCUT2D eigenvalue weighted by atomic mass is 9.67. The average Bonchev–Trinajstić information content (AvgIpc) is 3.54. The van der Waals surface area contributed by atoms with E-state index in [1.54, 1.807) is 0 Å². The first-order valence-electron chi connectivity index (χ1n) is 18.4. The number of hydrogen-bond donors (Lipinski definition) is 0. The molecule has 0 unspecified atom stereocenters. The molecule has 0 bridgehead atoms. The fraction of sp³-hybridized carbons (Fsp3) is 0.0196. The van der Waals surface area contributed by atoms with Crippen molar-refractivity contribution in [3.63, 3.8) is 0 Å². The van der Waals surface area contributed by atoms with Gasteiger partial charge in [0.15, 0.2) is 5.82 Å². The first-order valence-corrected chi connectivity index (χ1v) is 19.2. The van der Waals surface area contributed by atoms with Crippen LogP contribution in [-0.4, -0.2) is 9.97 Å². The molecule has 3 heteroatoms. The van der Waals surface area contributed by atoms with Gasteiger partial charge in [-0.15, -0.1) is 0 Å². The second kappa shape index (κ2) is 12.3. The molecule has 0 saturated carbocycles. The molecule has 0 radical (unpaired) electrons. The van der Waals surface area contributed by atoms with Gasteiger partial charge in [0.1, 0.15) is 0 Å². The standard InChI is InChI=1S/C51H32N2S/c1-3-16-34(17-4-1)45-32-46(35-18-5-2-6-19-35)53-50(52-45)49-37-20-8-7-15-33(37)27-29-38(49)36-28-30-44-48(31-36)54-47-26-14-13-25-43(47)51(44)41-23-11-9-21-39(41)40-22-10-12-24-42(40)51/h1-32H. The van der Waals surface area contributed by atoms with E-state index in [1.807, 2.05) is 23.9 Å². The lowest BCUT2D eigenvalue weighted by molar-refractivity contribution is 0.722. The molecule has 2 heterocycles. The summed E-state index contributed by atoms with van der Waals surface area (Å²) in [6, 6.07) is 70.2. The van der Waals surface area contributed by atoms with Crippen LogP contribution in [0.15, 0.2) is 204 Å². The maximum absolute atomic E-state index is 5.34. The summed E-state index contributed by atoms with van der Waals surface area (Å²) in [5, 5.41) is 2.29. The predicted octanol–water partition coefficient (Wildman–Crippen LogP) is 13.1. The third-order valence-corrected chi connectivity index (χ3v) is 12.3. The van der Waals surface area contributed by atoms with E-state index in [0.29, 0.717) is 5.82 Å². The van der Waals surface area contributed by atoms with Gasteiger partial charge in [-0.3, -0.25) is 0 Å². The van der Waals surface area contributed by atoms with Gasteiger partial charge in [-0.25, -0.2) is 9.97 Å². The van der Waals surface area contributed by atoms with E-state index >= 15 is 0 Å². The number of benzene rings is 8. The molecular formula is C51H32N2S. The van der Waals surface area contributed by atoms with Gasteiger partial charge in [0.05, 0.1) is 16.8 Å². The molecule has 2 aliphatic rings. The molecule has 11 rings (SSSR count). The zero-order valence-corrected chi connectivity index (χ0v) is 30.1. The summed E-state index contributed by atoms with van der Waals surface area (Å²) in [7, 11) is 0. The molecule has 0 amide bonds. The molecule has 0 atom stereocenters. The molecule has 252 valence electrons. The fourth-order valence-electron chi connectivity index (χ4n) is 8.85. The minimum Gasteiger partial charge on any atom is -0.228 e. The molecule has 54 heavy (non-hydrogen) atoms. The van der Waals surface area contributed by atoms with Crippen LogP contribution in [0, 0.1) is 0 Å². The zero-order valence-electron chi connectivity index (χ0n) is 29.3. The van der Waals surface area contributed by atoms with Gasteiger partial charge < -0.3 is 0 Å². The number of aromatic nitrogens is 2. The molecule has 2 nitrogen and oxygen atoms in total. The quantitative estimate of drug-likeness (QED) is 0.182. The summed E-state index contributed by atoms with van der Waals surface area (Å²) in [5.74, 6) is 0.716. The highest BCUT2D eigenvalue weighted by atomic mass is 32.2. The van der Waals surface area contributed by atoms with E-state index in [4.69, 9.17) is 9.97 Å². The lowest BCUT2D eigenvalue weighted by Gasteiger charge is -2.39. The monoisotopic (exact) mass is 704 g/mol. The maximum atomic E-state index is 5.34. The van der Waals surface area contributed by atoms with E-state index in [9.17, 15) is 0 Å². The molecular weight excluding hydrogens is 673 g/mol. The Morgan fingerprint density at radius 1 is 0.370 bits per heavy atom. The van der Waals surface area contributed by atoms with Crippen LogP contribution >= 0.6 is 11.8 Å². The maximum Gasteiger partial charge on any atom is 0.161 e. The number of nitrogens with zero attached hydrogens (tertiary/aromatic N) is 2. The summed E-state index contributed by atoms with van der Waals surface area (Å²) < 4.78 is 0. The van der Waals surface area contributed by atoms with Crippen LogP contribution in [0.3, 0.4) is 0 Å². The Balaban J connectivity index is 1.17. The van der Waals surface area contributed by atoms with Crippen LogP contribution in [-0.2, 0) is 5.41 Å². The Morgan fingerprint density at radius 2 is 0.926 bits per heavy atom. The average molecular weight is 705 g/mol. The first kappa shape index (κ1) is 31.0. The van der Waals surface area contributed by atoms with Crippen molar-refractivity contribution in [2.75, 3.05) is 0 Å². The van der Waals surface area contributed by atoms with Crippen molar-refractivity contribution in [1.82, 2.24) is 9.97 Å². The summed E-state index contributed by atoms with van der Waals surface area (Å²) in [5.41, 5.74) is 14.8. The minimum atomic E-state index is -0.410. The second-order valence-corrected chi connectivity index (χ2v) is 15.1. The Kier molecular flexibility index (Phi) is 7.05. The van der Waals surface area contributed by atoms with Crippen LogP contribution in [0.4, 0.5) is 0 Å². The summed E-state index contributed by atoms with van der Waals surface area (Å²) >= 11 is 1.87. The largest absolute Gasteiger partial charge is 0.228 e. The van der Waals surface area contributed by atoms with Crippen LogP contribution in [0.25, 0.3) is 66.9 Å². The third-order valence-electron chi connectivity index (χ3n) is 11.2. The topological polar surface area (TPSA) is 25.8 Å². The molecule has 1 aromatic heterocycles. The predicted molar refractivity (Wildman–Crippen MR) is 223 cm³/mol. The van der Waals surface area contributed by atoms with Gasteiger partial charge >= 0.3 is 0 Å². The Labute approximate surface area is 318 Å². The number of fused-ring (bicyclic) bond motifs is 10. The highest BCUT2D eigenvalue weighted by molar-refractivity contribution is 7.99. The van der Waals surface area contributed by atoms with Crippen molar-refractivity contribution < 1.29 is 0 Å². The Morgan fingerprint density at radius 3 is 1.61 bits per heavy atom. The molecule has 1 aliphatic carbocycles. The molecule has 9 aromatic rings. The van der Waals surface area contributed by atoms with Crippen molar-refractivity contribution in [1.29, 1.82) is 0 Å². The van der Waals surface area contributed by atoms with Crippen molar-refractivity contribution in [2.45, 2.75) is 15.2 Å². The zero-order chi connectivity index (χ0) is 35.6. The van der Waals surface area contributed by atoms with Crippen molar-refractivity contribution in [3.8, 4) is 56.2 Å². The number of hydrogen-bond acceptors (Lipinski definition) is 3. The van der Waals surface area contributed by atoms with Gasteiger partial charge in [0.25, 0.3) is 0 Å². The molecule has 1 aliphatic heterocycles. The Hall–Kier alpha value is -6.55. The second-order valence-electron chi connectivity index (χ2n) is 14.1. The summed E-state index contributed by atoms with van der Waals surface area (Å²) in [6.45, 7) is 0. The van der Waals surface area contributed by atoms with Gasteiger partial charge in [-0.05, 0) is 73.5 Å². The first-order chi connectivity index (χ1) is 26.8. The molecule has 0 saturated heterocycles. The van der Waals surface area contributed by atoms with E-state index < -0.39 is 5.41 Å². The molecule has 0 N–H and O–H groups in total. The highest BCUT2D eigenvalue weighted by Gasteiger charge is 2.50. The van der Waals surface area contributed by atoms with Crippen molar-refractivity contribution in [2.24, 2.45) is 0 Å². The Bertz CT molecular complexity index is 2810. The molecule has 1 spiro atoms. The summed E-state index contributed by atoms with van der Waals surface area (Å²) in [6.07, 6.45) is 0. The summed E-state index contributed by atoms with van der Waals surface area (Å²) in [4.78, 5) is 13.2. The van der Waals surface area contributed by atoms with Gasteiger partial charge in [0, 0.05) is 26.5 Å². The van der Waals surface area contributed by atoms with Crippen molar-refractivity contribution in [3.05, 3.63) is 216 Å². The molecule has 8 aromatic carbocycles. The van der Waals surface area contributed by atoms with Crippen molar-refractivity contribution >= 4 is 22.5 Å².